The van der Waals surface area contributed by atoms with E-state index in [1.54, 1.807) is 0 Å². The maximum atomic E-state index is 12.8. The maximum absolute atomic E-state index is 12.8. The molecule has 6 heteroatoms. The number of likely N-dealkylation sites (tertiary alicyclic amines) is 1. The van der Waals surface area contributed by atoms with E-state index in [4.69, 9.17) is 4.52 Å². The number of nitrogens with one attached hydrogen (secondary N) is 1. The molecule has 2 heterocycles. The molecule has 1 N–H and O–H groups in total. The second-order valence-corrected chi connectivity index (χ2v) is 7.38. The van der Waals surface area contributed by atoms with Gasteiger partial charge in [-0.25, -0.2) is 4.79 Å². The largest absolute Gasteiger partial charge is 0.339 e. The Hall–Kier alpha value is -3.15. The van der Waals surface area contributed by atoms with Crippen molar-refractivity contribution in [2.24, 2.45) is 0 Å². The third-order valence-electron chi connectivity index (χ3n) is 5.28. The van der Waals surface area contributed by atoms with Crippen molar-refractivity contribution >= 4 is 6.03 Å². The molecule has 1 saturated heterocycles. The summed E-state index contributed by atoms with van der Waals surface area (Å²) < 4.78 is 5.47. The lowest BCUT2D eigenvalue weighted by atomic mass is 10.0. The van der Waals surface area contributed by atoms with Crippen LogP contribution in [0.1, 0.15) is 48.1 Å². The van der Waals surface area contributed by atoms with E-state index in [0.717, 1.165) is 31.2 Å². The number of hydrogen-bond acceptors (Lipinski definition) is 4. The van der Waals surface area contributed by atoms with Gasteiger partial charge < -0.3 is 14.7 Å². The molecule has 0 saturated carbocycles. The summed E-state index contributed by atoms with van der Waals surface area (Å²) in [5, 5.41) is 7.24. The van der Waals surface area contributed by atoms with Crippen LogP contribution in [0.3, 0.4) is 0 Å². The van der Waals surface area contributed by atoms with Crippen molar-refractivity contribution in [3.63, 3.8) is 0 Å². The van der Waals surface area contributed by atoms with Gasteiger partial charge in [0.1, 0.15) is 0 Å². The van der Waals surface area contributed by atoms with Crippen LogP contribution in [-0.4, -0.2) is 34.2 Å². The Morgan fingerprint density at radius 2 is 1.76 bits per heavy atom. The van der Waals surface area contributed by atoms with Crippen LogP contribution in [0.5, 0.6) is 0 Å². The van der Waals surface area contributed by atoms with Crippen molar-refractivity contribution in [1.29, 1.82) is 0 Å². The summed E-state index contributed by atoms with van der Waals surface area (Å²) in [6, 6.07) is 20.0. The number of urea groups is 1. The Morgan fingerprint density at radius 3 is 2.52 bits per heavy atom. The van der Waals surface area contributed by atoms with E-state index in [1.165, 1.54) is 5.56 Å². The first-order chi connectivity index (χ1) is 14.3. The molecule has 0 spiro atoms. The van der Waals surface area contributed by atoms with E-state index >= 15 is 0 Å². The lowest BCUT2D eigenvalue weighted by Gasteiger charge is -2.33. The summed E-state index contributed by atoms with van der Waals surface area (Å²) in [6.07, 6.45) is 4.33. The van der Waals surface area contributed by atoms with E-state index in [-0.39, 0.29) is 12.1 Å². The Kier molecular flexibility index (Phi) is 6.19. The average molecular weight is 390 g/mol. The van der Waals surface area contributed by atoms with Crippen LogP contribution >= 0.6 is 0 Å². The van der Waals surface area contributed by atoms with E-state index in [9.17, 15) is 4.79 Å². The van der Waals surface area contributed by atoms with Gasteiger partial charge in [-0.1, -0.05) is 65.8 Å². The predicted octanol–water partition coefficient (Wildman–Crippen LogP) is 4.14. The molecule has 6 nitrogen and oxygen atoms in total. The fraction of sp³-hybridized carbons (Fsp3) is 0.348. The third kappa shape index (κ3) is 5.02. The number of hydrogen-bond donors (Lipinski definition) is 1. The zero-order valence-electron chi connectivity index (χ0n) is 16.5. The Morgan fingerprint density at radius 1 is 1.03 bits per heavy atom. The predicted molar refractivity (Wildman–Crippen MR) is 110 cm³/mol. The van der Waals surface area contributed by atoms with Gasteiger partial charge in [-0.3, -0.25) is 0 Å². The van der Waals surface area contributed by atoms with Gasteiger partial charge in [0.15, 0.2) is 5.82 Å². The Bertz CT molecular complexity index is 911. The van der Waals surface area contributed by atoms with Gasteiger partial charge in [-0.05, 0) is 36.8 Å². The van der Waals surface area contributed by atoms with Crippen molar-refractivity contribution in [1.82, 2.24) is 20.4 Å². The Balaban J connectivity index is 1.37. The highest BCUT2D eigenvalue weighted by atomic mass is 16.5. The van der Waals surface area contributed by atoms with E-state index in [2.05, 4.69) is 27.6 Å². The molecular formula is C23H26N4O2. The standard InChI is InChI=1S/C23H26N4O2/c28-23(24-15-14-18-9-3-1-4-10-18)27-16-8-7-13-20(27)22-25-21(29-26-22)17-19-11-5-2-6-12-19/h1-6,9-12,20H,7-8,13-17H2,(H,24,28)/t20-/m0/s1. The monoisotopic (exact) mass is 390 g/mol. The highest BCUT2D eigenvalue weighted by Crippen LogP contribution is 2.29. The molecule has 29 heavy (non-hydrogen) atoms. The number of carbonyl (C=O) groups is 1. The van der Waals surface area contributed by atoms with Crippen molar-refractivity contribution < 1.29 is 9.32 Å². The molecule has 1 atom stereocenters. The molecule has 0 aliphatic carbocycles. The second-order valence-electron chi connectivity index (χ2n) is 7.38. The molecule has 1 fully saturated rings. The molecule has 2 amide bonds. The number of amides is 2. The molecule has 2 aromatic carbocycles. The molecule has 150 valence electrons. The van der Waals surface area contributed by atoms with Crippen LogP contribution in [0.4, 0.5) is 4.79 Å². The topological polar surface area (TPSA) is 71.3 Å². The van der Waals surface area contributed by atoms with Crippen LogP contribution in [0.15, 0.2) is 65.2 Å². The normalized spacial score (nSPS) is 16.6. The fourth-order valence-corrected chi connectivity index (χ4v) is 3.75. The quantitative estimate of drug-likeness (QED) is 0.687. The van der Waals surface area contributed by atoms with Gasteiger partial charge in [-0.15, -0.1) is 0 Å². The summed E-state index contributed by atoms with van der Waals surface area (Å²) in [7, 11) is 0. The van der Waals surface area contributed by atoms with Crippen LogP contribution in [-0.2, 0) is 12.8 Å². The first-order valence-corrected chi connectivity index (χ1v) is 10.2. The van der Waals surface area contributed by atoms with E-state index in [0.29, 0.717) is 31.2 Å². The first-order valence-electron chi connectivity index (χ1n) is 10.2. The van der Waals surface area contributed by atoms with E-state index in [1.807, 2.05) is 53.4 Å². The van der Waals surface area contributed by atoms with Crippen LogP contribution < -0.4 is 5.32 Å². The van der Waals surface area contributed by atoms with Gasteiger partial charge in [0.2, 0.25) is 5.89 Å². The van der Waals surface area contributed by atoms with Gasteiger partial charge >= 0.3 is 6.03 Å². The molecule has 3 aromatic rings. The molecule has 0 bridgehead atoms. The highest BCUT2D eigenvalue weighted by molar-refractivity contribution is 5.74. The second kappa shape index (κ2) is 9.37. The molecule has 0 unspecified atom stereocenters. The lowest BCUT2D eigenvalue weighted by Crippen LogP contribution is -2.45. The van der Waals surface area contributed by atoms with Crippen LogP contribution in [0.2, 0.25) is 0 Å². The average Bonchev–Trinajstić information content (AvgIpc) is 3.23. The molecule has 1 aliphatic rings. The molecule has 1 aliphatic heterocycles. The summed E-state index contributed by atoms with van der Waals surface area (Å²) in [4.78, 5) is 19.2. The van der Waals surface area contributed by atoms with Gasteiger partial charge in [0, 0.05) is 13.1 Å². The first kappa shape index (κ1) is 19.2. The van der Waals surface area contributed by atoms with Gasteiger partial charge in [0.25, 0.3) is 0 Å². The number of benzene rings is 2. The highest BCUT2D eigenvalue weighted by Gasteiger charge is 2.31. The number of rotatable bonds is 6. The zero-order chi connectivity index (χ0) is 19.9. The number of carbonyl (C=O) groups excluding carboxylic acids is 1. The molecule has 0 radical (unpaired) electrons. The number of aromatic nitrogens is 2. The third-order valence-corrected chi connectivity index (χ3v) is 5.28. The van der Waals surface area contributed by atoms with Crippen molar-refractivity contribution in [3.05, 3.63) is 83.5 Å². The summed E-state index contributed by atoms with van der Waals surface area (Å²) in [5.41, 5.74) is 2.34. The minimum Gasteiger partial charge on any atom is -0.339 e. The molecule has 1 aromatic heterocycles. The smallest absolute Gasteiger partial charge is 0.318 e. The number of nitrogens with zero attached hydrogens (tertiary/aromatic N) is 3. The van der Waals surface area contributed by atoms with Crippen molar-refractivity contribution in [2.75, 3.05) is 13.1 Å². The van der Waals surface area contributed by atoms with Crippen molar-refractivity contribution in [2.45, 2.75) is 38.1 Å². The fourth-order valence-electron chi connectivity index (χ4n) is 3.75. The maximum Gasteiger partial charge on any atom is 0.318 e. The van der Waals surface area contributed by atoms with Gasteiger partial charge in [-0.2, -0.15) is 4.98 Å². The van der Waals surface area contributed by atoms with Crippen LogP contribution in [0.25, 0.3) is 0 Å². The lowest BCUT2D eigenvalue weighted by molar-refractivity contribution is 0.146. The SMILES string of the molecule is O=C(NCCc1ccccc1)N1CCCC[C@H]1c1noc(Cc2ccccc2)n1. The van der Waals surface area contributed by atoms with Crippen molar-refractivity contribution in [3.8, 4) is 0 Å². The van der Waals surface area contributed by atoms with E-state index < -0.39 is 0 Å². The summed E-state index contributed by atoms with van der Waals surface area (Å²) in [5.74, 6) is 1.19. The summed E-state index contributed by atoms with van der Waals surface area (Å²) >= 11 is 0. The van der Waals surface area contributed by atoms with Gasteiger partial charge in [0.05, 0.1) is 12.5 Å². The molecular weight excluding hydrogens is 364 g/mol. The minimum atomic E-state index is -0.131. The number of piperidine rings is 1. The summed E-state index contributed by atoms with van der Waals surface area (Å²) in [6.45, 7) is 1.32. The zero-order valence-corrected chi connectivity index (χ0v) is 16.5. The van der Waals surface area contributed by atoms with Crippen LogP contribution in [0, 0.1) is 0 Å². The Labute approximate surface area is 170 Å². The molecule has 4 rings (SSSR count). The minimum absolute atomic E-state index is 0.0555.